The zero-order valence-corrected chi connectivity index (χ0v) is 14.1. The minimum atomic E-state index is -4.86. The zero-order chi connectivity index (χ0) is 19.6. The van der Waals surface area contributed by atoms with Crippen LogP contribution in [0, 0.1) is 5.82 Å². The second kappa shape index (κ2) is 7.28. The van der Waals surface area contributed by atoms with Gasteiger partial charge in [-0.15, -0.1) is 0 Å². The molecule has 27 heavy (non-hydrogen) atoms. The second-order valence-corrected chi connectivity index (χ2v) is 5.70. The van der Waals surface area contributed by atoms with E-state index in [4.69, 9.17) is 16.3 Å². The van der Waals surface area contributed by atoms with Crippen molar-refractivity contribution in [2.75, 3.05) is 5.32 Å². The number of ether oxygens (including phenoxy) is 1. The van der Waals surface area contributed by atoms with E-state index in [-0.39, 0.29) is 11.4 Å². The van der Waals surface area contributed by atoms with Gasteiger partial charge in [0.05, 0.1) is 11.9 Å². The topological polar surface area (TPSA) is 56.1 Å². The maximum atomic E-state index is 13.5. The van der Waals surface area contributed by atoms with Crippen LogP contribution in [0.5, 0.6) is 5.75 Å². The number of aromatic nitrogens is 2. The first-order valence-electron chi connectivity index (χ1n) is 7.39. The van der Waals surface area contributed by atoms with Crippen molar-refractivity contribution in [3.05, 3.63) is 71.3 Å². The van der Waals surface area contributed by atoms with Crippen molar-refractivity contribution in [1.29, 1.82) is 0 Å². The first kappa shape index (κ1) is 18.7. The summed E-state index contributed by atoms with van der Waals surface area (Å²) in [5.41, 5.74) is -1.18. The first-order chi connectivity index (χ1) is 12.7. The van der Waals surface area contributed by atoms with Crippen molar-refractivity contribution >= 4 is 23.4 Å². The summed E-state index contributed by atoms with van der Waals surface area (Å²) in [7, 11) is 0. The third kappa shape index (κ3) is 4.37. The van der Waals surface area contributed by atoms with Crippen molar-refractivity contribution in [3.63, 3.8) is 0 Å². The van der Waals surface area contributed by atoms with Gasteiger partial charge in [0.2, 0.25) is 0 Å². The lowest BCUT2D eigenvalue weighted by Gasteiger charge is -2.13. The fraction of sp³-hybridized carbons (Fsp3) is 0.0588. The summed E-state index contributed by atoms with van der Waals surface area (Å²) in [5.74, 6) is -1.43. The minimum absolute atomic E-state index is 0.0265. The van der Waals surface area contributed by atoms with Gasteiger partial charge in [0.25, 0.3) is 0 Å². The van der Waals surface area contributed by atoms with Gasteiger partial charge < -0.3 is 4.74 Å². The number of amides is 1. The Balaban J connectivity index is 1.89. The molecule has 0 bridgehead atoms. The first-order valence-corrected chi connectivity index (χ1v) is 7.77. The number of anilines is 1. The third-order valence-corrected chi connectivity index (χ3v) is 3.60. The third-order valence-electron chi connectivity index (χ3n) is 3.35. The molecule has 0 atom stereocenters. The van der Waals surface area contributed by atoms with Crippen molar-refractivity contribution in [2.45, 2.75) is 6.18 Å². The molecular formula is C17H10ClF4N3O2. The molecule has 0 unspecified atom stereocenters. The van der Waals surface area contributed by atoms with E-state index in [1.807, 2.05) is 0 Å². The number of alkyl halides is 3. The molecule has 1 N–H and O–H groups in total. The average Bonchev–Trinajstić information content (AvgIpc) is 2.99. The predicted molar refractivity (Wildman–Crippen MR) is 89.6 cm³/mol. The number of carbonyl (C=O) groups is 1. The molecular weight excluding hydrogens is 390 g/mol. The fourth-order valence-corrected chi connectivity index (χ4v) is 2.38. The largest absolute Gasteiger partial charge is 0.437 e. The van der Waals surface area contributed by atoms with Gasteiger partial charge in [-0.05, 0) is 42.5 Å². The van der Waals surface area contributed by atoms with Crippen molar-refractivity contribution in [2.24, 2.45) is 0 Å². The standard InChI is InChI=1S/C17H10ClF4N3O2/c18-10-4-6-13(7-5-10)25-15(17(20,21)22)14(9-23-25)27-16(26)24-12-3-1-2-11(19)8-12/h1-9H,(H,24,26). The lowest BCUT2D eigenvalue weighted by molar-refractivity contribution is -0.143. The van der Waals surface area contributed by atoms with Crippen LogP contribution in [0.2, 0.25) is 5.02 Å². The van der Waals surface area contributed by atoms with Crippen LogP contribution in [0.15, 0.2) is 54.7 Å². The smallest absolute Gasteiger partial charge is 0.406 e. The molecule has 0 saturated carbocycles. The molecule has 140 valence electrons. The molecule has 3 aromatic rings. The predicted octanol–water partition coefficient (Wildman–Crippen LogP) is 5.29. The summed E-state index contributed by atoms with van der Waals surface area (Å²) in [5, 5.41) is 6.13. The molecule has 0 aliphatic heterocycles. The number of hydrogen-bond acceptors (Lipinski definition) is 3. The summed E-state index contributed by atoms with van der Waals surface area (Å²) in [6.45, 7) is 0. The number of halogens is 5. The van der Waals surface area contributed by atoms with E-state index in [0.29, 0.717) is 9.70 Å². The summed E-state index contributed by atoms with van der Waals surface area (Å²) in [4.78, 5) is 11.9. The monoisotopic (exact) mass is 399 g/mol. The van der Waals surface area contributed by atoms with Gasteiger partial charge in [-0.1, -0.05) is 17.7 Å². The number of rotatable bonds is 3. The van der Waals surface area contributed by atoms with Gasteiger partial charge in [0.15, 0.2) is 11.4 Å². The Bertz CT molecular complexity index is 971. The molecule has 1 amide bonds. The van der Waals surface area contributed by atoms with E-state index < -0.39 is 29.5 Å². The highest BCUT2D eigenvalue weighted by molar-refractivity contribution is 6.30. The Kier molecular flexibility index (Phi) is 5.04. The van der Waals surface area contributed by atoms with Crippen molar-refractivity contribution in [1.82, 2.24) is 9.78 Å². The van der Waals surface area contributed by atoms with Crippen LogP contribution >= 0.6 is 11.6 Å². The molecule has 10 heteroatoms. The van der Waals surface area contributed by atoms with Crippen LogP contribution in [0.1, 0.15) is 5.69 Å². The molecule has 1 heterocycles. The Morgan fingerprint density at radius 3 is 2.48 bits per heavy atom. The summed E-state index contributed by atoms with van der Waals surface area (Å²) in [6.07, 6.45) is -5.31. The van der Waals surface area contributed by atoms with E-state index in [2.05, 4.69) is 10.4 Å². The molecule has 2 aromatic carbocycles. The van der Waals surface area contributed by atoms with Gasteiger partial charge in [-0.25, -0.2) is 13.9 Å². The van der Waals surface area contributed by atoms with Crippen LogP contribution in [0.25, 0.3) is 5.69 Å². The van der Waals surface area contributed by atoms with E-state index >= 15 is 0 Å². The zero-order valence-electron chi connectivity index (χ0n) is 13.3. The molecule has 0 aliphatic carbocycles. The number of nitrogens with zero attached hydrogens (tertiary/aromatic N) is 2. The van der Waals surface area contributed by atoms with E-state index in [1.54, 1.807) is 0 Å². The fourth-order valence-electron chi connectivity index (χ4n) is 2.26. The van der Waals surface area contributed by atoms with Crippen molar-refractivity contribution < 1.29 is 27.1 Å². The maximum Gasteiger partial charge on any atom is 0.437 e. The quantitative estimate of drug-likeness (QED) is 0.608. The number of carbonyl (C=O) groups excluding carboxylic acids is 1. The Morgan fingerprint density at radius 2 is 1.85 bits per heavy atom. The van der Waals surface area contributed by atoms with Gasteiger partial charge in [0, 0.05) is 10.7 Å². The molecule has 5 nitrogen and oxygen atoms in total. The van der Waals surface area contributed by atoms with E-state index in [9.17, 15) is 22.4 Å². The minimum Gasteiger partial charge on any atom is -0.406 e. The number of benzene rings is 2. The summed E-state index contributed by atoms with van der Waals surface area (Å²) < 4.78 is 58.9. The molecule has 0 spiro atoms. The highest BCUT2D eigenvalue weighted by atomic mass is 35.5. The Labute approximate surface area is 155 Å². The second-order valence-electron chi connectivity index (χ2n) is 5.27. The number of nitrogens with one attached hydrogen (secondary N) is 1. The lowest BCUT2D eigenvalue weighted by Crippen LogP contribution is -2.20. The molecule has 0 fully saturated rings. The lowest BCUT2D eigenvalue weighted by atomic mass is 10.3. The normalized spacial score (nSPS) is 11.3. The summed E-state index contributed by atoms with van der Waals surface area (Å²) in [6, 6.07) is 10.3. The maximum absolute atomic E-state index is 13.5. The molecule has 3 rings (SSSR count). The van der Waals surface area contributed by atoms with Gasteiger partial charge in [0.1, 0.15) is 5.82 Å². The highest BCUT2D eigenvalue weighted by Crippen LogP contribution is 2.37. The molecule has 0 radical (unpaired) electrons. The van der Waals surface area contributed by atoms with Gasteiger partial charge in [-0.3, -0.25) is 5.32 Å². The Hall–Kier alpha value is -3.07. The van der Waals surface area contributed by atoms with Crippen LogP contribution in [0.4, 0.5) is 28.0 Å². The summed E-state index contributed by atoms with van der Waals surface area (Å²) >= 11 is 5.73. The van der Waals surface area contributed by atoms with Crippen LogP contribution in [0.3, 0.4) is 0 Å². The molecule has 0 aliphatic rings. The molecule has 1 aromatic heterocycles. The average molecular weight is 400 g/mol. The van der Waals surface area contributed by atoms with Crippen LogP contribution in [-0.4, -0.2) is 15.9 Å². The highest BCUT2D eigenvalue weighted by Gasteiger charge is 2.40. The van der Waals surface area contributed by atoms with E-state index in [1.165, 1.54) is 36.4 Å². The van der Waals surface area contributed by atoms with Gasteiger partial charge in [-0.2, -0.15) is 18.3 Å². The molecule has 0 saturated heterocycles. The van der Waals surface area contributed by atoms with Gasteiger partial charge >= 0.3 is 12.3 Å². The van der Waals surface area contributed by atoms with Crippen LogP contribution in [-0.2, 0) is 6.18 Å². The van der Waals surface area contributed by atoms with Crippen molar-refractivity contribution in [3.8, 4) is 11.4 Å². The van der Waals surface area contributed by atoms with E-state index in [0.717, 1.165) is 18.3 Å². The number of hydrogen-bond donors (Lipinski definition) is 1. The Morgan fingerprint density at radius 1 is 1.15 bits per heavy atom. The van der Waals surface area contributed by atoms with Crippen LogP contribution < -0.4 is 10.1 Å². The SMILES string of the molecule is O=C(Nc1cccc(F)c1)Oc1cnn(-c2ccc(Cl)cc2)c1C(F)(F)F.